The van der Waals surface area contributed by atoms with E-state index in [0.717, 1.165) is 26.0 Å². The number of rotatable bonds is 5. The predicted molar refractivity (Wildman–Crippen MR) is 82.9 cm³/mol. The second-order valence-corrected chi connectivity index (χ2v) is 5.13. The van der Waals surface area contributed by atoms with Crippen LogP contribution in [-0.2, 0) is 11.3 Å². The molecule has 0 bridgehead atoms. The van der Waals surface area contributed by atoms with Gasteiger partial charge in [-0.3, -0.25) is 0 Å². The van der Waals surface area contributed by atoms with Crippen LogP contribution >= 0.6 is 0 Å². The molecule has 6 heteroatoms. The van der Waals surface area contributed by atoms with Gasteiger partial charge in [0, 0.05) is 25.3 Å². The van der Waals surface area contributed by atoms with E-state index in [2.05, 4.69) is 15.6 Å². The summed E-state index contributed by atoms with van der Waals surface area (Å²) in [7, 11) is 0. The molecule has 118 valence electrons. The standard InChI is InChI=1S/C16H21FN4O/c1-2-19-16(21-11-14-4-3-7-22-14)20-10-13-8-12(9-18)5-6-15(13)17/h5-6,8,14H,2-4,7,10-11H2,1H3,(H2,19,20,21). The Morgan fingerprint density at radius 1 is 1.50 bits per heavy atom. The molecule has 1 saturated heterocycles. The third kappa shape index (κ3) is 4.71. The van der Waals surface area contributed by atoms with Gasteiger partial charge in [0.05, 0.1) is 24.3 Å². The molecule has 1 atom stereocenters. The number of nitrogens with zero attached hydrogens (tertiary/aromatic N) is 2. The largest absolute Gasteiger partial charge is 0.376 e. The van der Waals surface area contributed by atoms with Crippen molar-refractivity contribution in [1.29, 1.82) is 5.26 Å². The first-order valence-electron chi connectivity index (χ1n) is 7.55. The van der Waals surface area contributed by atoms with Gasteiger partial charge in [-0.1, -0.05) is 0 Å². The zero-order chi connectivity index (χ0) is 15.8. The van der Waals surface area contributed by atoms with Gasteiger partial charge in [0.25, 0.3) is 0 Å². The Morgan fingerprint density at radius 2 is 2.36 bits per heavy atom. The van der Waals surface area contributed by atoms with E-state index < -0.39 is 0 Å². The molecule has 0 saturated carbocycles. The van der Waals surface area contributed by atoms with Crippen molar-refractivity contribution in [2.75, 3.05) is 19.7 Å². The van der Waals surface area contributed by atoms with E-state index in [0.29, 0.717) is 23.6 Å². The normalized spacial score (nSPS) is 18.0. The fourth-order valence-corrected chi connectivity index (χ4v) is 2.29. The average Bonchev–Trinajstić information content (AvgIpc) is 3.05. The predicted octanol–water partition coefficient (Wildman–Crippen LogP) is 1.93. The van der Waals surface area contributed by atoms with Crippen LogP contribution in [-0.4, -0.2) is 31.8 Å². The van der Waals surface area contributed by atoms with Gasteiger partial charge in [0.15, 0.2) is 5.96 Å². The Kier molecular flexibility index (Phi) is 6.16. The number of hydrogen-bond donors (Lipinski definition) is 2. The van der Waals surface area contributed by atoms with Crippen LogP contribution in [0.5, 0.6) is 0 Å². The highest BCUT2D eigenvalue weighted by atomic mass is 19.1. The molecule has 1 aromatic rings. The van der Waals surface area contributed by atoms with Crippen molar-refractivity contribution in [1.82, 2.24) is 10.6 Å². The topological polar surface area (TPSA) is 69.4 Å². The first-order chi connectivity index (χ1) is 10.7. The molecule has 1 aliphatic rings. The molecule has 1 aromatic carbocycles. The summed E-state index contributed by atoms with van der Waals surface area (Å²) in [4.78, 5) is 4.37. The lowest BCUT2D eigenvalue weighted by atomic mass is 10.1. The van der Waals surface area contributed by atoms with Crippen LogP contribution in [0.15, 0.2) is 23.2 Å². The molecule has 0 radical (unpaired) electrons. The summed E-state index contributed by atoms with van der Waals surface area (Å²) in [5, 5.41) is 15.2. The molecule has 22 heavy (non-hydrogen) atoms. The first kappa shape index (κ1) is 16.2. The molecular formula is C16H21FN4O. The van der Waals surface area contributed by atoms with Crippen molar-refractivity contribution >= 4 is 5.96 Å². The van der Waals surface area contributed by atoms with E-state index in [1.807, 2.05) is 13.0 Å². The molecule has 0 aliphatic carbocycles. The minimum absolute atomic E-state index is 0.183. The molecule has 1 heterocycles. The average molecular weight is 304 g/mol. The van der Waals surface area contributed by atoms with E-state index in [-0.39, 0.29) is 18.5 Å². The molecule has 1 fully saturated rings. The zero-order valence-corrected chi connectivity index (χ0v) is 12.7. The first-order valence-corrected chi connectivity index (χ1v) is 7.55. The van der Waals surface area contributed by atoms with Gasteiger partial charge in [-0.25, -0.2) is 9.38 Å². The maximum Gasteiger partial charge on any atom is 0.191 e. The van der Waals surface area contributed by atoms with E-state index in [1.165, 1.54) is 18.2 Å². The summed E-state index contributed by atoms with van der Waals surface area (Å²) < 4.78 is 19.3. The van der Waals surface area contributed by atoms with Crippen LogP contribution in [0, 0.1) is 17.1 Å². The number of aliphatic imine (C=N–C) groups is 1. The van der Waals surface area contributed by atoms with Crippen molar-refractivity contribution in [3.8, 4) is 6.07 Å². The van der Waals surface area contributed by atoms with Crippen LogP contribution in [0.2, 0.25) is 0 Å². The Hall–Kier alpha value is -2.13. The fraction of sp³-hybridized carbons (Fsp3) is 0.500. The number of benzene rings is 1. The molecular weight excluding hydrogens is 283 g/mol. The highest BCUT2D eigenvalue weighted by Crippen LogP contribution is 2.12. The SMILES string of the molecule is CCNC(=NCc1cc(C#N)ccc1F)NCC1CCCO1. The van der Waals surface area contributed by atoms with Crippen molar-refractivity contribution in [3.63, 3.8) is 0 Å². The number of ether oxygens (including phenoxy) is 1. The minimum Gasteiger partial charge on any atom is -0.376 e. The Balaban J connectivity index is 1.98. The summed E-state index contributed by atoms with van der Waals surface area (Å²) in [6.07, 6.45) is 2.35. The molecule has 2 rings (SSSR count). The van der Waals surface area contributed by atoms with Gasteiger partial charge in [0.1, 0.15) is 5.82 Å². The third-order valence-corrected chi connectivity index (χ3v) is 3.45. The van der Waals surface area contributed by atoms with Gasteiger partial charge in [-0.05, 0) is 38.0 Å². The van der Waals surface area contributed by atoms with Crippen molar-refractivity contribution < 1.29 is 9.13 Å². The van der Waals surface area contributed by atoms with Crippen LogP contribution in [0.3, 0.4) is 0 Å². The summed E-state index contributed by atoms with van der Waals surface area (Å²) in [6.45, 7) is 4.37. The summed E-state index contributed by atoms with van der Waals surface area (Å²) in [5.74, 6) is 0.275. The molecule has 5 nitrogen and oxygen atoms in total. The number of nitriles is 1. The Morgan fingerprint density at radius 3 is 3.05 bits per heavy atom. The molecule has 1 unspecified atom stereocenters. The van der Waals surface area contributed by atoms with Crippen LogP contribution in [0.4, 0.5) is 4.39 Å². The van der Waals surface area contributed by atoms with Crippen LogP contribution < -0.4 is 10.6 Å². The van der Waals surface area contributed by atoms with Crippen LogP contribution in [0.25, 0.3) is 0 Å². The number of nitrogens with one attached hydrogen (secondary N) is 2. The van der Waals surface area contributed by atoms with E-state index in [9.17, 15) is 4.39 Å². The van der Waals surface area contributed by atoms with E-state index >= 15 is 0 Å². The van der Waals surface area contributed by atoms with E-state index in [1.54, 1.807) is 0 Å². The minimum atomic E-state index is -0.349. The van der Waals surface area contributed by atoms with Gasteiger partial charge < -0.3 is 15.4 Å². The van der Waals surface area contributed by atoms with Crippen molar-refractivity contribution in [2.24, 2.45) is 4.99 Å². The summed E-state index contributed by atoms with van der Waals surface area (Å²) in [5.41, 5.74) is 0.845. The highest BCUT2D eigenvalue weighted by molar-refractivity contribution is 5.79. The van der Waals surface area contributed by atoms with E-state index in [4.69, 9.17) is 10.00 Å². The maximum absolute atomic E-state index is 13.7. The molecule has 0 amide bonds. The fourth-order valence-electron chi connectivity index (χ4n) is 2.29. The van der Waals surface area contributed by atoms with Crippen molar-refractivity contribution in [2.45, 2.75) is 32.4 Å². The van der Waals surface area contributed by atoms with Gasteiger partial charge >= 0.3 is 0 Å². The van der Waals surface area contributed by atoms with Gasteiger partial charge in [-0.15, -0.1) is 0 Å². The second kappa shape index (κ2) is 8.35. The van der Waals surface area contributed by atoms with Crippen LogP contribution in [0.1, 0.15) is 30.9 Å². The quantitative estimate of drug-likeness (QED) is 0.644. The molecule has 1 aliphatic heterocycles. The second-order valence-electron chi connectivity index (χ2n) is 5.13. The monoisotopic (exact) mass is 304 g/mol. The summed E-state index contributed by atoms with van der Waals surface area (Å²) in [6, 6.07) is 6.30. The lowest BCUT2D eigenvalue weighted by molar-refractivity contribution is 0.114. The lowest BCUT2D eigenvalue weighted by Gasteiger charge is -2.14. The Bertz CT molecular complexity index is 562. The molecule has 2 N–H and O–H groups in total. The molecule has 0 aromatic heterocycles. The van der Waals surface area contributed by atoms with Gasteiger partial charge in [-0.2, -0.15) is 5.26 Å². The lowest BCUT2D eigenvalue weighted by Crippen LogP contribution is -2.41. The van der Waals surface area contributed by atoms with Gasteiger partial charge in [0.2, 0.25) is 0 Å². The zero-order valence-electron chi connectivity index (χ0n) is 12.7. The smallest absolute Gasteiger partial charge is 0.191 e. The number of halogens is 1. The van der Waals surface area contributed by atoms with Crippen molar-refractivity contribution in [3.05, 3.63) is 35.1 Å². The third-order valence-electron chi connectivity index (χ3n) is 3.45. The highest BCUT2D eigenvalue weighted by Gasteiger charge is 2.15. The summed E-state index contributed by atoms with van der Waals surface area (Å²) >= 11 is 0. The number of guanidine groups is 1. The number of hydrogen-bond acceptors (Lipinski definition) is 3. The molecule has 0 spiro atoms. The Labute approximate surface area is 130 Å². The maximum atomic E-state index is 13.7.